The minimum atomic E-state index is 0.138. The maximum absolute atomic E-state index is 12.0. The van der Waals surface area contributed by atoms with Crippen molar-refractivity contribution in [2.75, 3.05) is 11.9 Å². The zero-order valence-corrected chi connectivity index (χ0v) is 13.6. The van der Waals surface area contributed by atoms with Gasteiger partial charge < -0.3 is 16.4 Å². The van der Waals surface area contributed by atoms with E-state index in [1.807, 2.05) is 24.3 Å². The number of nitrogens with one attached hydrogen (secondary N) is 2. The second kappa shape index (κ2) is 7.49. The summed E-state index contributed by atoms with van der Waals surface area (Å²) in [6.07, 6.45) is 7.12. The van der Waals surface area contributed by atoms with Crippen molar-refractivity contribution in [2.45, 2.75) is 45.1 Å². The lowest BCUT2D eigenvalue weighted by atomic mass is 9.85. The van der Waals surface area contributed by atoms with Gasteiger partial charge in [0.25, 0.3) is 0 Å². The minimum absolute atomic E-state index is 0.138. The molecule has 0 spiro atoms. The highest BCUT2D eigenvalue weighted by molar-refractivity contribution is 5.93. The summed E-state index contributed by atoms with van der Waals surface area (Å²) in [6, 6.07) is 7.84. The Kier molecular flexibility index (Phi) is 5.16. The van der Waals surface area contributed by atoms with Crippen LogP contribution in [0, 0.1) is 11.8 Å². The van der Waals surface area contributed by atoms with Gasteiger partial charge in [0.05, 0.1) is 6.54 Å². The summed E-state index contributed by atoms with van der Waals surface area (Å²) in [5.41, 5.74) is 7.79. The smallest absolute Gasteiger partial charge is 0.227 e. The van der Waals surface area contributed by atoms with E-state index in [4.69, 9.17) is 5.73 Å². The molecule has 2 aliphatic carbocycles. The zero-order chi connectivity index (χ0) is 16.1. The number of hydrogen-bond donors (Lipinski definition) is 3. The second-order valence-corrected chi connectivity index (χ2v) is 6.70. The highest BCUT2D eigenvalue weighted by atomic mass is 16.1. The van der Waals surface area contributed by atoms with Gasteiger partial charge in [-0.2, -0.15) is 0 Å². The zero-order valence-electron chi connectivity index (χ0n) is 13.6. The number of rotatable bonds is 6. The van der Waals surface area contributed by atoms with Gasteiger partial charge in [-0.15, -0.1) is 0 Å². The summed E-state index contributed by atoms with van der Waals surface area (Å²) in [7, 11) is 0. The summed E-state index contributed by atoms with van der Waals surface area (Å²) in [5.74, 6) is 1.59. The van der Waals surface area contributed by atoms with E-state index in [-0.39, 0.29) is 11.8 Å². The molecule has 0 saturated heterocycles. The number of nitrogens with two attached hydrogens (primary N) is 1. The average Bonchev–Trinajstić information content (AvgIpc) is 2.42. The van der Waals surface area contributed by atoms with E-state index in [0.717, 1.165) is 36.6 Å². The maximum atomic E-state index is 12.0. The first-order valence-electron chi connectivity index (χ1n) is 8.64. The first-order chi connectivity index (χ1) is 11.2. The van der Waals surface area contributed by atoms with Crippen molar-refractivity contribution in [2.24, 2.45) is 22.6 Å². The number of nitrogens with zero attached hydrogens (tertiary/aromatic N) is 1. The molecule has 1 aromatic carbocycles. The Morgan fingerprint density at radius 3 is 2.65 bits per heavy atom. The number of carbonyl (C=O) groups is 1. The van der Waals surface area contributed by atoms with Gasteiger partial charge >= 0.3 is 0 Å². The highest BCUT2D eigenvalue weighted by Crippen LogP contribution is 2.27. The van der Waals surface area contributed by atoms with E-state index < -0.39 is 0 Å². The van der Waals surface area contributed by atoms with Crippen LogP contribution in [-0.2, 0) is 11.3 Å². The summed E-state index contributed by atoms with van der Waals surface area (Å²) in [5, 5.41) is 6.18. The maximum Gasteiger partial charge on any atom is 0.227 e. The van der Waals surface area contributed by atoms with Crippen LogP contribution < -0.4 is 16.4 Å². The van der Waals surface area contributed by atoms with E-state index in [9.17, 15) is 4.79 Å². The van der Waals surface area contributed by atoms with Gasteiger partial charge in [-0.05, 0) is 49.3 Å². The van der Waals surface area contributed by atoms with Crippen molar-refractivity contribution in [3.8, 4) is 0 Å². The number of amides is 1. The molecule has 0 atom stereocenters. The van der Waals surface area contributed by atoms with Crippen LogP contribution in [0.2, 0.25) is 0 Å². The number of aliphatic imine (C=N–C) groups is 1. The Labute approximate surface area is 137 Å². The van der Waals surface area contributed by atoms with Crippen LogP contribution in [0.4, 0.5) is 5.69 Å². The van der Waals surface area contributed by atoms with Crippen molar-refractivity contribution in [1.29, 1.82) is 0 Å². The van der Waals surface area contributed by atoms with Crippen LogP contribution in [-0.4, -0.2) is 18.4 Å². The van der Waals surface area contributed by atoms with E-state index in [0.29, 0.717) is 12.5 Å². The fourth-order valence-electron chi connectivity index (χ4n) is 2.84. The molecule has 2 aliphatic rings. The van der Waals surface area contributed by atoms with Crippen molar-refractivity contribution < 1.29 is 4.79 Å². The third kappa shape index (κ3) is 4.47. The third-order valence-corrected chi connectivity index (χ3v) is 4.90. The Bertz CT molecular complexity index is 576. The fourth-order valence-corrected chi connectivity index (χ4v) is 2.84. The lowest BCUT2D eigenvalue weighted by Crippen LogP contribution is -2.37. The molecule has 5 nitrogen and oxygen atoms in total. The Morgan fingerprint density at radius 1 is 1.22 bits per heavy atom. The van der Waals surface area contributed by atoms with Gasteiger partial charge in [-0.3, -0.25) is 4.79 Å². The Morgan fingerprint density at radius 2 is 2.00 bits per heavy atom. The fraction of sp³-hybridized carbons (Fsp3) is 0.556. The van der Waals surface area contributed by atoms with Crippen LogP contribution in [0.15, 0.2) is 29.3 Å². The summed E-state index contributed by atoms with van der Waals surface area (Å²) >= 11 is 0. The highest BCUT2D eigenvalue weighted by Gasteiger charge is 2.25. The Hall–Kier alpha value is -2.04. The van der Waals surface area contributed by atoms with Crippen molar-refractivity contribution in [1.82, 2.24) is 5.32 Å². The van der Waals surface area contributed by atoms with Gasteiger partial charge in [0.2, 0.25) is 5.91 Å². The molecular weight excluding hydrogens is 288 g/mol. The molecule has 2 fully saturated rings. The monoisotopic (exact) mass is 314 g/mol. The molecule has 4 N–H and O–H groups in total. The molecular formula is C18H26N4O. The van der Waals surface area contributed by atoms with Crippen LogP contribution >= 0.6 is 0 Å². The van der Waals surface area contributed by atoms with Gasteiger partial charge in [0.15, 0.2) is 5.96 Å². The molecule has 0 unspecified atom stereocenters. The van der Waals surface area contributed by atoms with E-state index in [1.54, 1.807) is 0 Å². The molecule has 2 saturated carbocycles. The molecule has 5 heteroatoms. The van der Waals surface area contributed by atoms with Crippen LogP contribution in [0.3, 0.4) is 0 Å². The first-order valence-corrected chi connectivity index (χ1v) is 8.64. The number of hydrogen-bond acceptors (Lipinski definition) is 2. The van der Waals surface area contributed by atoms with Crippen molar-refractivity contribution in [3.05, 3.63) is 29.8 Å². The standard InChI is InChI=1S/C18H26N4O/c19-18(20-11-13-4-1-5-13)21-12-14-6-2-9-16(10-14)22-17(23)15-7-3-8-15/h2,6,9-10,13,15H,1,3-5,7-8,11-12H2,(H,22,23)(H3,19,20,21). The molecule has 0 aliphatic heterocycles. The van der Waals surface area contributed by atoms with Crippen LogP contribution in [0.1, 0.15) is 44.1 Å². The summed E-state index contributed by atoms with van der Waals surface area (Å²) in [6.45, 7) is 1.45. The largest absolute Gasteiger partial charge is 0.370 e. The molecule has 1 aromatic rings. The van der Waals surface area contributed by atoms with Gasteiger partial charge in [-0.25, -0.2) is 4.99 Å². The SMILES string of the molecule is NC(=NCc1cccc(NC(=O)C2CCC2)c1)NCC1CCC1. The summed E-state index contributed by atoms with van der Waals surface area (Å²) < 4.78 is 0. The molecule has 0 heterocycles. The molecule has 0 radical (unpaired) electrons. The topological polar surface area (TPSA) is 79.5 Å². The van der Waals surface area contributed by atoms with Gasteiger partial charge in [0.1, 0.15) is 0 Å². The number of guanidine groups is 1. The lowest BCUT2D eigenvalue weighted by Gasteiger charge is -2.25. The second-order valence-electron chi connectivity index (χ2n) is 6.70. The quantitative estimate of drug-likeness (QED) is 0.558. The lowest BCUT2D eigenvalue weighted by molar-refractivity contribution is -0.122. The average molecular weight is 314 g/mol. The number of anilines is 1. The van der Waals surface area contributed by atoms with Crippen LogP contribution in [0.5, 0.6) is 0 Å². The third-order valence-electron chi connectivity index (χ3n) is 4.90. The Balaban J connectivity index is 1.48. The van der Waals surface area contributed by atoms with E-state index in [2.05, 4.69) is 15.6 Å². The van der Waals surface area contributed by atoms with Gasteiger partial charge in [-0.1, -0.05) is 25.0 Å². The molecule has 3 rings (SSSR count). The molecule has 1 amide bonds. The van der Waals surface area contributed by atoms with Crippen LogP contribution in [0.25, 0.3) is 0 Å². The number of carbonyl (C=O) groups excluding carboxylic acids is 1. The van der Waals surface area contributed by atoms with E-state index >= 15 is 0 Å². The normalized spacial score (nSPS) is 18.9. The van der Waals surface area contributed by atoms with Crippen molar-refractivity contribution >= 4 is 17.6 Å². The van der Waals surface area contributed by atoms with Gasteiger partial charge in [0, 0.05) is 18.2 Å². The minimum Gasteiger partial charge on any atom is -0.370 e. The molecule has 23 heavy (non-hydrogen) atoms. The molecule has 0 bridgehead atoms. The first kappa shape index (κ1) is 15.8. The predicted octanol–water partition coefficient (Wildman–Crippen LogP) is 2.63. The van der Waals surface area contributed by atoms with Crippen molar-refractivity contribution in [3.63, 3.8) is 0 Å². The van der Waals surface area contributed by atoms with E-state index in [1.165, 1.54) is 25.7 Å². The summed E-state index contributed by atoms with van der Waals surface area (Å²) in [4.78, 5) is 16.4. The predicted molar refractivity (Wildman–Crippen MR) is 93.1 cm³/mol. The molecule has 0 aromatic heterocycles. The number of benzene rings is 1. The molecule has 124 valence electrons.